The first-order chi connectivity index (χ1) is 11.6. The van der Waals surface area contributed by atoms with Crippen LogP contribution < -0.4 is 27.0 Å². The van der Waals surface area contributed by atoms with Crippen LogP contribution in [0.25, 0.3) is 0 Å². The highest BCUT2D eigenvalue weighted by molar-refractivity contribution is 7.79. The van der Waals surface area contributed by atoms with E-state index in [1.165, 1.54) is 21.5 Å². The molecule has 0 aliphatic rings. The third kappa shape index (κ3) is 3.81. The maximum atomic E-state index is 11.1. The van der Waals surface area contributed by atoms with E-state index < -0.39 is 14.0 Å². The number of hydrogen-bond donors (Lipinski definition) is 2. The van der Waals surface area contributed by atoms with Crippen molar-refractivity contribution in [2.24, 2.45) is 5.73 Å². The minimum absolute atomic E-state index is 0.550. The van der Waals surface area contributed by atoms with Crippen LogP contribution in [0.1, 0.15) is 5.56 Å². The van der Waals surface area contributed by atoms with Crippen LogP contribution in [0.2, 0.25) is 0 Å². The lowest BCUT2D eigenvalue weighted by Crippen LogP contribution is -2.23. The number of amides is 2. The molecule has 0 bridgehead atoms. The highest BCUT2D eigenvalue weighted by Crippen LogP contribution is 2.33. The summed E-state index contributed by atoms with van der Waals surface area (Å²) in [6, 6.07) is 26.4. The Labute approximate surface area is 143 Å². The molecule has 120 valence electrons. The smallest absolute Gasteiger partial charge is 0.316 e. The molecule has 2 amide bonds. The molecule has 1 unspecified atom stereocenters. The van der Waals surface area contributed by atoms with Crippen molar-refractivity contribution in [3.8, 4) is 0 Å². The quantitative estimate of drug-likeness (QED) is 0.707. The summed E-state index contributed by atoms with van der Waals surface area (Å²) in [7, 11) is -0.692. The van der Waals surface area contributed by atoms with Gasteiger partial charge in [-0.15, -0.1) is 0 Å². The Morgan fingerprint density at radius 2 is 1.46 bits per heavy atom. The van der Waals surface area contributed by atoms with E-state index in [0.29, 0.717) is 0 Å². The molecule has 0 fully saturated rings. The average Bonchev–Trinajstić information content (AvgIpc) is 2.58. The van der Waals surface area contributed by atoms with Crippen molar-refractivity contribution in [3.05, 3.63) is 84.4 Å². The van der Waals surface area contributed by atoms with Crippen molar-refractivity contribution >= 4 is 35.6 Å². The lowest BCUT2D eigenvalue weighted by atomic mass is 10.2. The van der Waals surface area contributed by atoms with Crippen LogP contribution in [0.4, 0.5) is 10.5 Å². The van der Waals surface area contributed by atoms with Crippen molar-refractivity contribution in [2.75, 3.05) is 5.32 Å². The van der Waals surface area contributed by atoms with Gasteiger partial charge in [0.15, 0.2) is 0 Å². The fourth-order valence-corrected chi connectivity index (χ4v) is 4.90. The van der Waals surface area contributed by atoms with Gasteiger partial charge < -0.3 is 11.1 Å². The number of nitrogens with one attached hydrogen (secondary N) is 1. The topological polar surface area (TPSA) is 55.1 Å². The number of urea groups is 1. The van der Waals surface area contributed by atoms with Crippen molar-refractivity contribution < 1.29 is 4.79 Å². The first kappa shape index (κ1) is 16.2. The van der Waals surface area contributed by atoms with E-state index in [1.807, 2.05) is 24.3 Å². The summed E-state index contributed by atoms with van der Waals surface area (Å²) in [5.41, 5.74) is 7.20. The Balaban J connectivity index is 2.08. The molecule has 0 aliphatic carbocycles. The molecular formula is C20H19N2OP. The van der Waals surface area contributed by atoms with Gasteiger partial charge in [0, 0.05) is 5.69 Å². The molecule has 3 aromatic carbocycles. The third-order valence-corrected chi connectivity index (χ3v) is 6.10. The average molecular weight is 334 g/mol. The van der Waals surface area contributed by atoms with E-state index in [2.05, 4.69) is 66.8 Å². The molecule has 0 saturated heterocycles. The number of aryl methyl sites for hydroxylation is 1. The Hall–Kier alpha value is -2.64. The van der Waals surface area contributed by atoms with Gasteiger partial charge in [-0.2, -0.15) is 0 Å². The monoisotopic (exact) mass is 334 g/mol. The molecule has 24 heavy (non-hydrogen) atoms. The van der Waals surface area contributed by atoms with Crippen molar-refractivity contribution in [1.82, 2.24) is 0 Å². The SMILES string of the molecule is Cc1ccc(P(c2ccccc2)c2cccc(NC(N)=O)c2)cc1. The van der Waals surface area contributed by atoms with Crippen LogP contribution >= 0.6 is 7.92 Å². The largest absolute Gasteiger partial charge is 0.351 e. The van der Waals surface area contributed by atoms with Crippen LogP contribution in [0.15, 0.2) is 78.9 Å². The minimum Gasteiger partial charge on any atom is -0.351 e. The molecule has 3 nitrogen and oxygen atoms in total. The summed E-state index contributed by atoms with van der Waals surface area (Å²) in [5, 5.41) is 6.38. The molecule has 3 aromatic rings. The van der Waals surface area contributed by atoms with Gasteiger partial charge in [0.2, 0.25) is 0 Å². The molecule has 0 saturated carbocycles. The van der Waals surface area contributed by atoms with Crippen LogP contribution in [0.3, 0.4) is 0 Å². The van der Waals surface area contributed by atoms with Gasteiger partial charge in [0.1, 0.15) is 0 Å². The maximum absolute atomic E-state index is 11.1. The zero-order chi connectivity index (χ0) is 16.9. The number of carbonyl (C=O) groups is 1. The first-order valence-corrected chi connectivity index (χ1v) is 9.06. The highest BCUT2D eigenvalue weighted by Gasteiger charge is 2.16. The number of nitrogens with two attached hydrogens (primary N) is 1. The summed E-state index contributed by atoms with van der Waals surface area (Å²) in [6.07, 6.45) is 0. The van der Waals surface area contributed by atoms with E-state index in [9.17, 15) is 4.79 Å². The second-order valence-electron chi connectivity index (χ2n) is 5.55. The molecule has 3 N–H and O–H groups in total. The van der Waals surface area contributed by atoms with Crippen molar-refractivity contribution in [3.63, 3.8) is 0 Å². The lowest BCUT2D eigenvalue weighted by molar-refractivity contribution is 0.259. The molecule has 0 spiro atoms. The molecular weight excluding hydrogens is 315 g/mol. The summed E-state index contributed by atoms with van der Waals surface area (Å²) in [5.74, 6) is 0. The van der Waals surface area contributed by atoms with Gasteiger partial charge in [-0.3, -0.25) is 0 Å². The van der Waals surface area contributed by atoms with Gasteiger partial charge in [-0.05, 0) is 42.9 Å². The van der Waals surface area contributed by atoms with E-state index >= 15 is 0 Å². The molecule has 0 aliphatic heterocycles. The van der Waals surface area contributed by atoms with E-state index in [-0.39, 0.29) is 0 Å². The van der Waals surface area contributed by atoms with Crippen LogP contribution in [0, 0.1) is 6.92 Å². The summed E-state index contributed by atoms with van der Waals surface area (Å²) in [6.45, 7) is 2.09. The number of hydrogen-bond acceptors (Lipinski definition) is 1. The van der Waals surface area contributed by atoms with Gasteiger partial charge in [0.05, 0.1) is 0 Å². The standard InChI is InChI=1S/C20H19N2OP/c1-15-10-12-18(13-11-15)24(17-7-3-2-4-8-17)19-9-5-6-16(14-19)22-20(21)23/h2-14H,1H3,(H3,21,22,23). The third-order valence-electron chi connectivity index (χ3n) is 3.68. The lowest BCUT2D eigenvalue weighted by Gasteiger charge is -2.20. The number of carbonyl (C=O) groups excluding carboxylic acids is 1. The van der Waals surface area contributed by atoms with Crippen molar-refractivity contribution in [2.45, 2.75) is 6.92 Å². The van der Waals surface area contributed by atoms with Gasteiger partial charge >= 0.3 is 6.03 Å². The zero-order valence-corrected chi connectivity index (χ0v) is 14.3. The molecule has 1 atom stereocenters. The fourth-order valence-electron chi connectivity index (χ4n) is 2.58. The first-order valence-electron chi connectivity index (χ1n) is 7.72. The number of benzene rings is 3. The minimum atomic E-state index is -0.692. The second kappa shape index (κ2) is 7.29. The van der Waals surface area contributed by atoms with Crippen molar-refractivity contribution in [1.29, 1.82) is 0 Å². The Bertz CT molecular complexity index is 832. The van der Waals surface area contributed by atoms with Gasteiger partial charge in [-0.25, -0.2) is 4.79 Å². The molecule has 3 rings (SSSR count). The number of anilines is 1. The molecule has 0 aromatic heterocycles. The predicted octanol–water partition coefficient (Wildman–Crippen LogP) is 3.24. The molecule has 0 radical (unpaired) electrons. The van der Waals surface area contributed by atoms with E-state index in [0.717, 1.165) is 5.69 Å². The van der Waals surface area contributed by atoms with Crippen LogP contribution in [0.5, 0.6) is 0 Å². The van der Waals surface area contributed by atoms with Gasteiger partial charge in [0.25, 0.3) is 0 Å². The van der Waals surface area contributed by atoms with E-state index in [4.69, 9.17) is 5.73 Å². The Morgan fingerprint density at radius 3 is 2.12 bits per heavy atom. The highest BCUT2D eigenvalue weighted by atomic mass is 31.1. The normalized spacial score (nSPS) is 11.7. The van der Waals surface area contributed by atoms with Gasteiger partial charge in [-0.1, -0.05) is 72.3 Å². The fraction of sp³-hybridized carbons (Fsp3) is 0.0500. The maximum Gasteiger partial charge on any atom is 0.316 e. The molecule has 0 heterocycles. The second-order valence-corrected chi connectivity index (χ2v) is 7.77. The summed E-state index contributed by atoms with van der Waals surface area (Å²) < 4.78 is 0. The zero-order valence-electron chi connectivity index (χ0n) is 13.4. The molecule has 4 heteroatoms. The summed E-state index contributed by atoms with van der Waals surface area (Å²) in [4.78, 5) is 11.1. The Morgan fingerprint density at radius 1 is 0.833 bits per heavy atom. The van der Waals surface area contributed by atoms with Crippen LogP contribution in [-0.2, 0) is 0 Å². The van der Waals surface area contributed by atoms with Crippen LogP contribution in [-0.4, -0.2) is 6.03 Å². The Kier molecular flexibility index (Phi) is 4.93. The number of primary amides is 1. The summed E-state index contributed by atoms with van der Waals surface area (Å²) >= 11 is 0. The number of rotatable bonds is 4. The predicted molar refractivity (Wildman–Crippen MR) is 103 cm³/mol. The van der Waals surface area contributed by atoms with E-state index in [1.54, 1.807) is 0 Å².